The summed E-state index contributed by atoms with van der Waals surface area (Å²) in [4.78, 5) is 15.2. The maximum absolute atomic E-state index is 13.3. The zero-order valence-electron chi connectivity index (χ0n) is 18.2. The molecule has 1 atom stereocenters. The second kappa shape index (κ2) is 8.96. The van der Waals surface area contributed by atoms with Crippen molar-refractivity contribution in [3.05, 3.63) is 41.5 Å². The fourth-order valence-corrected chi connectivity index (χ4v) is 4.30. The number of amides is 1. The van der Waals surface area contributed by atoms with Gasteiger partial charge in [0.15, 0.2) is 11.5 Å². The minimum Gasteiger partial charge on any atom is -0.507 e. The van der Waals surface area contributed by atoms with Crippen molar-refractivity contribution in [1.82, 2.24) is 4.90 Å². The first-order valence-electron chi connectivity index (χ1n) is 10.6. The van der Waals surface area contributed by atoms with Crippen LogP contribution in [0, 0.1) is 5.92 Å². The first kappa shape index (κ1) is 21.2. The molecule has 1 fully saturated rings. The molecule has 2 aromatic rings. The molecule has 1 saturated heterocycles. The van der Waals surface area contributed by atoms with E-state index in [-0.39, 0.29) is 24.9 Å². The van der Waals surface area contributed by atoms with Crippen molar-refractivity contribution in [2.45, 2.75) is 32.1 Å². The molecular weight excluding hydrogens is 398 g/mol. The van der Waals surface area contributed by atoms with Crippen molar-refractivity contribution in [3.8, 4) is 28.7 Å². The summed E-state index contributed by atoms with van der Waals surface area (Å²) in [5, 5.41) is 10.9. The number of carbonyl (C=O) groups excluding carboxylic acids is 1. The van der Waals surface area contributed by atoms with Gasteiger partial charge < -0.3 is 29.0 Å². The number of benzene rings is 2. The molecule has 1 amide bonds. The number of hydrogen-bond donors (Lipinski definition) is 1. The molecule has 0 aliphatic carbocycles. The van der Waals surface area contributed by atoms with Gasteiger partial charge in [0.2, 0.25) is 12.7 Å². The Hall–Kier alpha value is -3.09. The number of nitrogens with zero attached hydrogens (tertiary/aromatic N) is 1. The molecule has 2 aliphatic rings. The van der Waals surface area contributed by atoms with Crippen LogP contribution in [0.25, 0.3) is 0 Å². The molecule has 31 heavy (non-hydrogen) atoms. The zero-order valence-corrected chi connectivity index (χ0v) is 18.2. The highest BCUT2D eigenvalue weighted by molar-refractivity contribution is 5.78. The van der Waals surface area contributed by atoms with E-state index in [0.717, 1.165) is 31.5 Å². The van der Waals surface area contributed by atoms with Crippen molar-refractivity contribution in [2.75, 3.05) is 34.1 Å². The molecule has 0 saturated carbocycles. The predicted molar refractivity (Wildman–Crippen MR) is 115 cm³/mol. The summed E-state index contributed by atoms with van der Waals surface area (Å²) in [5.74, 6) is 2.57. The minimum atomic E-state index is -0.415. The van der Waals surface area contributed by atoms with Gasteiger partial charge in [0, 0.05) is 43.1 Å². The van der Waals surface area contributed by atoms with Crippen molar-refractivity contribution in [2.24, 2.45) is 5.92 Å². The van der Waals surface area contributed by atoms with Crippen molar-refractivity contribution in [1.29, 1.82) is 0 Å². The quantitative estimate of drug-likeness (QED) is 0.753. The van der Waals surface area contributed by atoms with Gasteiger partial charge in [-0.25, -0.2) is 0 Å². The molecule has 4 rings (SSSR count). The Morgan fingerprint density at radius 3 is 2.58 bits per heavy atom. The summed E-state index contributed by atoms with van der Waals surface area (Å²) in [7, 11) is 3.08. The van der Waals surface area contributed by atoms with Gasteiger partial charge in [-0.15, -0.1) is 0 Å². The monoisotopic (exact) mass is 427 g/mol. The van der Waals surface area contributed by atoms with Crippen LogP contribution in [0.15, 0.2) is 30.3 Å². The van der Waals surface area contributed by atoms with E-state index < -0.39 is 5.92 Å². The fraction of sp³-hybridized carbons (Fsp3) is 0.458. The number of methoxy groups -OCH3 is 2. The Balaban J connectivity index is 1.72. The summed E-state index contributed by atoms with van der Waals surface area (Å²) in [6.07, 6.45) is 2.24. The molecule has 0 radical (unpaired) electrons. The average Bonchev–Trinajstić information content (AvgIpc) is 3.25. The van der Waals surface area contributed by atoms with Crippen LogP contribution >= 0.6 is 0 Å². The zero-order chi connectivity index (χ0) is 22.0. The summed E-state index contributed by atoms with van der Waals surface area (Å²) in [6, 6.07) is 8.90. The number of hydrogen-bond acceptors (Lipinski definition) is 6. The number of likely N-dealkylation sites (tertiary alicyclic amines) is 1. The van der Waals surface area contributed by atoms with Crippen molar-refractivity contribution in [3.63, 3.8) is 0 Å². The molecule has 2 heterocycles. The SMILES string of the molecule is COc1cc(O)c(C(CC(=O)N2CCC(C)CC2)c2ccc3c(c2)OCO3)c(OC)c1. The van der Waals surface area contributed by atoms with Crippen LogP contribution in [0.3, 0.4) is 0 Å². The maximum atomic E-state index is 13.3. The number of carbonyl (C=O) groups is 1. The number of fused-ring (bicyclic) bond motifs is 1. The molecule has 7 heteroatoms. The number of ether oxygens (including phenoxy) is 4. The van der Waals surface area contributed by atoms with E-state index in [4.69, 9.17) is 18.9 Å². The second-order valence-electron chi connectivity index (χ2n) is 8.20. The second-order valence-corrected chi connectivity index (χ2v) is 8.20. The standard InChI is InChI=1S/C24H29NO6/c1-15-6-8-25(9-7-15)23(27)13-18(16-4-5-20-21(10-16)31-14-30-20)24-19(26)11-17(28-2)12-22(24)29-3/h4-5,10-12,15,18,26H,6-9,13-14H2,1-3H3. The highest BCUT2D eigenvalue weighted by Crippen LogP contribution is 2.45. The third kappa shape index (κ3) is 4.36. The van der Waals surface area contributed by atoms with Gasteiger partial charge >= 0.3 is 0 Å². The first-order chi connectivity index (χ1) is 15.0. The Labute approximate surface area is 182 Å². The summed E-state index contributed by atoms with van der Waals surface area (Å²) >= 11 is 0. The molecule has 0 spiro atoms. The molecule has 7 nitrogen and oxygen atoms in total. The minimum absolute atomic E-state index is 0.0268. The summed E-state index contributed by atoms with van der Waals surface area (Å²) < 4.78 is 21.8. The molecule has 166 valence electrons. The molecular formula is C24H29NO6. The van der Waals surface area contributed by atoms with Crippen LogP contribution < -0.4 is 18.9 Å². The van der Waals surface area contributed by atoms with Gasteiger partial charge in [0.05, 0.1) is 14.2 Å². The summed E-state index contributed by atoms with van der Waals surface area (Å²) in [5.41, 5.74) is 1.41. The van der Waals surface area contributed by atoms with Crippen LogP contribution in [0.4, 0.5) is 0 Å². The van der Waals surface area contributed by atoms with E-state index in [1.807, 2.05) is 23.1 Å². The van der Waals surface area contributed by atoms with Gasteiger partial charge in [-0.3, -0.25) is 4.79 Å². The third-order valence-corrected chi connectivity index (χ3v) is 6.21. The van der Waals surface area contributed by atoms with Crippen LogP contribution in [0.2, 0.25) is 0 Å². The Bertz CT molecular complexity index is 951. The van der Waals surface area contributed by atoms with Crippen LogP contribution in [0.1, 0.15) is 43.2 Å². The lowest BCUT2D eigenvalue weighted by Gasteiger charge is -2.32. The molecule has 0 aromatic heterocycles. The van der Waals surface area contributed by atoms with Gasteiger partial charge in [-0.05, 0) is 36.5 Å². The van der Waals surface area contributed by atoms with Gasteiger partial charge in [0.1, 0.15) is 17.2 Å². The average molecular weight is 427 g/mol. The van der Waals surface area contributed by atoms with E-state index >= 15 is 0 Å². The van der Waals surface area contributed by atoms with E-state index in [0.29, 0.717) is 34.5 Å². The summed E-state index contributed by atoms with van der Waals surface area (Å²) in [6.45, 7) is 3.92. The Morgan fingerprint density at radius 2 is 1.87 bits per heavy atom. The lowest BCUT2D eigenvalue weighted by Crippen LogP contribution is -2.38. The maximum Gasteiger partial charge on any atom is 0.231 e. The molecule has 1 unspecified atom stereocenters. The van der Waals surface area contributed by atoms with Gasteiger partial charge in [0.25, 0.3) is 0 Å². The highest BCUT2D eigenvalue weighted by Gasteiger charge is 2.30. The topological polar surface area (TPSA) is 77.5 Å². The third-order valence-electron chi connectivity index (χ3n) is 6.21. The van der Waals surface area contributed by atoms with Crippen LogP contribution in [-0.4, -0.2) is 50.0 Å². The fourth-order valence-electron chi connectivity index (χ4n) is 4.30. The highest BCUT2D eigenvalue weighted by atomic mass is 16.7. The first-order valence-corrected chi connectivity index (χ1v) is 10.6. The molecule has 2 aromatic carbocycles. The Kier molecular flexibility index (Phi) is 6.11. The van der Waals surface area contributed by atoms with Gasteiger partial charge in [-0.2, -0.15) is 0 Å². The van der Waals surface area contributed by atoms with Gasteiger partial charge in [-0.1, -0.05) is 13.0 Å². The normalized spacial score (nSPS) is 16.8. The van der Waals surface area contributed by atoms with E-state index in [1.165, 1.54) is 7.11 Å². The van der Waals surface area contributed by atoms with E-state index in [1.54, 1.807) is 19.2 Å². The van der Waals surface area contributed by atoms with E-state index in [9.17, 15) is 9.90 Å². The molecule has 2 aliphatic heterocycles. The van der Waals surface area contributed by atoms with Crippen molar-refractivity contribution < 1.29 is 28.8 Å². The molecule has 1 N–H and O–H groups in total. The van der Waals surface area contributed by atoms with Crippen molar-refractivity contribution >= 4 is 5.91 Å². The van der Waals surface area contributed by atoms with Crippen LogP contribution in [-0.2, 0) is 4.79 Å². The number of rotatable bonds is 6. The van der Waals surface area contributed by atoms with E-state index in [2.05, 4.69) is 6.92 Å². The smallest absolute Gasteiger partial charge is 0.231 e. The predicted octanol–water partition coefficient (Wildman–Crippen LogP) is 3.92. The number of phenolic OH excluding ortho intramolecular Hbond substituents is 1. The number of phenols is 1. The van der Waals surface area contributed by atoms with Crippen LogP contribution in [0.5, 0.6) is 28.7 Å². The number of aromatic hydroxyl groups is 1. The number of piperidine rings is 1. The Morgan fingerprint density at radius 1 is 1.13 bits per heavy atom. The lowest BCUT2D eigenvalue weighted by molar-refractivity contribution is -0.132. The molecule has 0 bridgehead atoms. The lowest BCUT2D eigenvalue weighted by atomic mass is 9.86. The largest absolute Gasteiger partial charge is 0.507 e.